The number of amides is 5. The molecule has 0 heterocycles. The minimum Gasteiger partial charge on any atom is -0.481 e. The van der Waals surface area contributed by atoms with Gasteiger partial charge in [0.25, 0.3) is 0 Å². The van der Waals surface area contributed by atoms with E-state index in [1.807, 2.05) is 0 Å². The first-order valence-electron chi connectivity index (χ1n) is 9.42. The van der Waals surface area contributed by atoms with E-state index >= 15 is 0 Å². The molecule has 32 heavy (non-hydrogen) atoms. The van der Waals surface area contributed by atoms with Crippen molar-refractivity contribution in [3.05, 3.63) is 0 Å². The summed E-state index contributed by atoms with van der Waals surface area (Å²) < 4.78 is 0. The summed E-state index contributed by atoms with van der Waals surface area (Å²) in [6.45, 7) is 1.24. The largest absolute Gasteiger partial charge is 0.481 e. The molecule has 11 N–H and O–H groups in total. The van der Waals surface area contributed by atoms with Crippen LogP contribution in [0.25, 0.3) is 0 Å². The minimum atomic E-state index is -1.57. The highest BCUT2D eigenvalue weighted by Gasteiger charge is 2.30. The van der Waals surface area contributed by atoms with Crippen LogP contribution in [0.15, 0.2) is 0 Å². The molecule has 0 aromatic carbocycles. The molecule has 0 fully saturated rings. The van der Waals surface area contributed by atoms with Crippen molar-refractivity contribution in [2.75, 3.05) is 0 Å². The predicted molar refractivity (Wildman–Crippen MR) is 106 cm³/mol. The van der Waals surface area contributed by atoms with Gasteiger partial charge in [-0.15, -0.1) is 0 Å². The summed E-state index contributed by atoms with van der Waals surface area (Å²) in [5.41, 5.74) is 15.6. The zero-order valence-electron chi connectivity index (χ0n) is 17.3. The number of primary amides is 2. The van der Waals surface area contributed by atoms with Crippen molar-refractivity contribution in [1.29, 1.82) is 0 Å². The first-order valence-corrected chi connectivity index (χ1v) is 9.42. The number of hydrogen-bond acceptors (Lipinski definition) is 8. The van der Waals surface area contributed by atoms with Crippen LogP contribution in [0, 0.1) is 0 Å². The molecule has 5 amide bonds. The van der Waals surface area contributed by atoms with Gasteiger partial charge < -0.3 is 43.4 Å². The van der Waals surface area contributed by atoms with Gasteiger partial charge in [-0.1, -0.05) is 0 Å². The number of carboxylic acids is 2. The average molecular weight is 460 g/mol. The lowest BCUT2D eigenvalue weighted by Crippen LogP contribution is -2.57. The first-order chi connectivity index (χ1) is 14.7. The number of carboxylic acid groups (broad SMARTS) is 2. The number of carbonyl (C=O) groups excluding carboxylic acids is 5. The summed E-state index contributed by atoms with van der Waals surface area (Å²) in [5, 5.41) is 24.2. The Balaban J connectivity index is 5.10. The monoisotopic (exact) mass is 460 g/mol. The van der Waals surface area contributed by atoms with Gasteiger partial charge in [-0.25, -0.2) is 4.79 Å². The van der Waals surface area contributed by atoms with Gasteiger partial charge in [-0.2, -0.15) is 0 Å². The molecule has 0 bridgehead atoms. The molecule has 4 atom stereocenters. The molecule has 180 valence electrons. The van der Waals surface area contributed by atoms with Gasteiger partial charge in [0.05, 0.1) is 12.5 Å². The number of hydrogen-bond donors (Lipinski definition) is 8. The van der Waals surface area contributed by atoms with E-state index in [2.05, 4.69) is 16.0 Å². The van der Waals surface area contributed by atoms with Crippen molar-refractivity contribution in [2.45, 2.75) is 63.2 Å². The van der Waals surface area contributed by atoms with Gasteiger partial charge in [0, 0.05) is 12.8 Å². The van der Waals surface area contributed by atoms with Crippen LogP contribution in [-0.2, 0) is 33.6 Å². The fraction of sp³-hybridized carbons (Fsp3) is 0.588. The second-order valence-corrected chi connectivity index (χ2v) is 6.91. The van der Waals surface area contributed by atoms with Crippen molar-refractivity contribution in [2.24, 2.45) is 17.2 Å². The van der Waals surface area contributed by atoms with Crippen molar-refractivity contribution >= 4 is 41.5 Å². The smallest absolute Gasteiger partial charge is 0.326 e. The molecule has 0 saturated carbocycles. The molecule has 0 aliphatic rings. The van der Waals surface area contributed by atoms with Gasteiger partial charge in [0.2, 0.25) is 29.5 Å². The molecule has 0 spiro atoms. The topological polar surface area (TPSA) is 274 Å². The SMILES string of the molecule is CC(NC(=O)C(N)CCC(=O)O)C(=O)NC(CC(N)=O)C(=O)NC(CCC(N)=O)C(=O)O. The van der Waals surface area contributed by atoms with Gasteiger partial charge in [0.15, 0.2) is 0 Å². The van der Waals surface area contributed by atoms with E-state index in [-0.39, 0.29) is 25.7 Å². The van der Waals surface area contributed by atoms with Crippen LogP contribution in [0.2, 0.25) is 0 Å². The van der Waals surface area contributed by atoms with Crippen LogP contribution >= 0.6 is 0 Å². The Morgan fingerprint density at radius 1 is 0.750 bits per heavy atom. The molecular weight excluding hydrogens is 432 g/mol. The third kappa shape index (κ3) is 11.4. The van der Waals surface area contributed by atoms with E-state index in [9.17, 15) is 33.6 Å². The Hall–Kier alpha value is -3.75. The summed E-state index contributed by atoms with van der Waals surface area (Å²) in [4.78, 5) is 80.6. The van der Waals surface area contributed by atoms with E-state index in [0.29, 0.717) is 0 Å². The molecular formula is C17H28N6O9. The highest BCUT2D eigenvalue weighted by atomic mass is 16.4. The number of carbonyl (C=O) groups is 7. The molecule has 0 saturated heterocycles. The Morgan fingerprint density at radius 3 is 1.78 bits per heavy atom. The lowest BCUT2D eigenvalue weighted by molar-refractivity contribution is -0.143. The van der Waals surface area contributed by atoms with Crippen molar-refractivity contribution in [3.8, 4) is 0 Å². The third-order valence-electron chi connectivity index (χ3n) is 4.09. The minimum absolute atomic E-state index is 0.176. The van der Waals surface area contributed by atoms with Gasteiger partial charge in [-0.3, -0.25) is 28.8 Å². The van der Waals surface area contributed by atoms with Crippen LogP contribution in [-0.4, -0.2) is 75.9 Å². The number of aliphatic carboxylic acids is 2. The molecule has 0 rings (SSSR count). The molecule has 15 nitrogen and oxygen atoms in total. The van der Waals surface area contributed by atoms with Crippen LogP contribution < -0.4 is 33.2 Å². The Labute approximate surface area is 182 Å². The predicted octanol–water partition coefficient (Wildman–Crippen LogP) is -4.12. The van der Waals surface area contributed by atoms with Crippen LogP contribution in [0.4, 0.5) is 0 Å². The zero-order chi connectivity index (χ0) is 25.0. The van der Waals surface area contributed by atoms with E-state index in [1.165, 1.54) is 6.92 Å². The summed E-state index contributed by atoms with van der Waals surface area (Å²) in [6.07, 6.45) is -1.89. The summed E-state index contributed by atoms with van der Waals surface area (Å²) in [6, 6.07) is -5.54. The molecule has 0 aliphatic heterocycles. The normalized spacial score (nSPS) is 14.2. The Kier molecular flexibility index (Phi) is 11.9. The third-order valence-corrected chi connectivity index (χ3v) is 4.09. The fourth-order valence-corrected chi connectivity index (χ4v) is 2.32. The van der Waals surface area contributed by atoms with Crippen molar-refractivity contribution in [1.82, 2.24) is 16.0 Å². The number of nitrogens with two attached hydrogens (primary N) is 3. The van der Waals surface area contributed by atoms with Gasteiger partial charge in [-0.05, 0) is 19.8 Å². The fourth-order valence-electron chi connectivity index (χ4n) is 2.32. The second kappa shape index (κ2) is 13.5. The zero-order valence-corrected chi connectivity index (χ0v) is 17.3. The molecule has 0 radical (unpaired) electrons. The molecule has 0 aromatic heterocycles. The molecule has 15 heteroatoms. The van der Waals surface area contributed by atoms with Crippen LogP contribution in [0.3, 0.4) is 0 Å². The standard InChI is InChI=1S/C17H28N6O9/c1-7(21-15(29)8(18)2-5-13(26)27)14(28)23-10(6-12(20)25)16(30)22-9(17(31)32)3-4-11(19)24/h7-10H,2-6,18H2,1H3,(H2,19,24)(H2,20,25)(H,21,29)(H,22,30)(H,23,28)(H,26,27)(H,31,32). The molecule has 0 aromatic rings. The number of rotatable bonds is 15. The Morgan fingerprint density at radius 2 is 1.31 bits per heavy atom. The lowest BCUT2D eigenvalue weighted by Gasteiger charge is -2.23. The average Bonchev–Trinajstić information content (AvgIpc) is 2.67. The van der Waals surface area contributed by atoms with E-state index in [0.717, 1.165) is 0 Å². The maximum absolute atomic E-state index is 12.4. The lowest BCUT2D eigenvalue weighted by atomic mass is 10.1. The Bertz CT molecular complexity index is 757. The highest BCUT2D eigenvalue weighted by Crippen LogP contribution is 2.02. The maximum Gasteiger partial charge on any atom is 0.326 e. The van der Waals surface area contributed by atoms with Gasteiger partial charge >= 0.3 is 11.9 Å². The van der Waals surface area contributed by atoms with Gasteiger partial charge in [0.1, 0.15) is 18.1 Å². The van der Waals surface area contributed by atoms with E-state index in [4.69, 9.17) is 27.4 Å². The highest BCUT2D eigenvalue weighted by molar-refractivity contribution is 5.96. The van der Waals surface area contributed by atoms with Crippen LogP contribution in [0.5, 0.6) is 0 Å². The van der Waals surface area contributed by atoms with E-state index < -0.39 is 72.1 Å². The van der Waals surface area contributed by atoms with Crippen molar-refractivity contribution < 1.29 is 43.8 Å². The molecule has 4 unspecified atom stereocenters. The maximum atomic E-state index is 12.4. The summed E-state index contributed by atoms with van der Waals surface area (Å²) in [5.74, 6) is -7.21. The summed E-state index contributed by atoms with van der Waals surface area (Å²) >= 11 is 0. The molecule has 0 aliphatic carbocycles. The van der Waals surface area contributed by atoms with Crippen molar-refractivity contribution in [3.63, 3.8) is 0 Å². The number of nitrogens with one attached hydrogen (secondary N) is 3. The first kappa shape index (κ1) is 28.2. The van der Waals surface area contributed by atoms with Crippen LogP contribution in [0.1, 0.15) is 39.0 Å². The quantitative estimate of drug-likeness (QED) is 0.117. The summed E-state index contributed by atoms with van der Waals surface area (Å²) in [7, 11) is 0. The second-order valence-electron chi connectivity index (χ2n) is 6.91. The van der Waals surface area contributed by atoms with E-state index in [1.54, 1.807) is 0 Å².